The zero-order chi connectivity index (χ0) is 14.5. The van der Waals surface area contributed by atoms with Crippen molar-refractivity contribution in [2.45, 2.75) is 26.5 Å². The Morgan fingerprint density at radius 2 is 2.15 bits per heavy atom. The molecule has 0 aliphatic carbocycles. The minimum atomic E-state index is -0.436. The molecule has 0 radical (unpaired) electrons. The molecule has 0 aliphatic rings. The molecule has 0 bridgehead atoms. The highest BCUT2D eigenvalue weighted by molar-refractivity contribution is 7.12. The molecule has 1 aromatic heterocycles. The van der Waals surface area contributed by atoms with E-state index in [1.54, 1.807) is 12.1 Å². The SMILES string of the molecule is CCc1ccsc1C(=O)NCc1ccc(F)c(CO)c1. The monoisotopic (exact) mass is 293 g/mol. The summed E-state index contributed by atoms with van der Waals surface area (Å²) in [6, 6.07) is 6.41. The van der Waals surface area contributed by atoms with Gasteiger partial charge in [0.05, 0.1) is 11.5 Å². The zero-order valence-electron chi connectivity index (χ0n) is 11.1. The van der Waals surface area contributed by atoms with Crippen LogP contribution in [0.4, 0.5) is 4.39 Å². The molecule has 0 unspecified atom stereocenters. The molecular formula is C15H16FNO2S. The first-order valence-corrected chi connectivity index (χ1v) is 7.26. The number of hydrogen-bond acceptors (Lipinski definition) is 3. The van der Waals surface area contributed by atoms with Gasteiger partial charge in [0.15, 0.2) is 0 Å². The van der Waals surface area contributed by atoms with Crippen molar-refractivity contribution < 1.29 is 14.3 Å². The van der Waals surface area contributed by atoms with Crippen LogP contribution in [-0.2, 0) is 19.6 Å². The fourth-order valence-corrected chi connectivity index (χ4v) is 2.85. The Bertz CT molecular complexity index is 610. The molecule has 0 atom stereocenters. The standard InChI is InChI=1S/C15H16FNO2S/c1-2-11-5-6-20-14(11)15(19)17-8-10-3-4-13(16)12(7-10)9-18/h3-7,18H,2,8-9H2,1H3,(H,17,19). The van der Waals surface area contributed by atoms with Gasteiger partial charge < -0.3 is 10.4 Å². The van der Waals surface area contributed by atoms with Gasteiger partial charge in [-0.05, 0) is 41.1 Å². The molecule has 0 saturated heterocycles. The zero-order valence-corrected chi connectivity index (χ0v) is 12.0. The van der Waals surface area contributed by atoms with E-state index in [1.165, 1.54) is 17.4 Å². The normalized spacial score (nSPS) is 10.6. The van der Waals surface area contributed by atoms with Gasteiger partial charge in [-0.2, -0.15) is 0 Å². The highest BCUT2D eigenvalue weighted by Crippen LogP contribution is 2.17. The molecule has 1 aromatic carbocycles. The van der Waals surface area contributed by atoms with Crippen molar-refractivity contribution in [1.29, 1.82) is 0 Å². The summed E-state index contributed by atoms with van der Waals surface area (Å²) in [7, 11) is 0. The van der Waals surface area contributed by atoms with E-state index in [0.717, 1.165) is 22.4 Å². The molecule has 20 heavy (non-hydrogen) atoms. The number of aliphatic hydroxyl groups excluding tert-OH is 1. The molecule has 0 fully saturated rings. The van der Waals surface area contributed by atoms with E-state index in [1.807, 2.05) is 18.4 Å². The topological polar surface area (TPSA) is 49.3 Å². The number of aliphatic hydroxyl groups is 1. The van der Waals surface area contributed by atoms with Crippen LogP contribution in [0.3, 0.4) is 0 Å². The highest BCUT2D eigenvalue weighted by Gasteiger charge is 2.11. The van der Waals surface area contributed by atoms with Gasteiger partial charge in [0.2, 0.25) is 0 Å². The largest absolute Gasteiger partial charge is 0.392 e. The summed E-state index contributed by atoms with van der Waals surface area (Å²) in [4.78, 5) is 12.8. The van der Waals surface area contributed by atoms with E-state index in [2.05, 4.69) is 5.32 Å². The van der Waals surface area contributed by atoms with Gasteiger partial charge in [0.1, 0.15) is 5.82 Å². The molecule has 0 aliphatic heterocycles. The van der Waals surface area contributed by atoms with Gasteiger partial charge in [-0.3, -0.25) is 4.79 Å². The van der Waals surface area contributed by atoms with Crippen molar-refractivity contribution in [3.05, 3.63) is 57.0 Å². The molecule has 2 N–H and O–H groups in total. The number of nitrogens with one attached hydrogen (secondary N) is 1. The van der Waals surface area contributed by atoms with Crippen molar-refractivity contribution in [3.8, 4) is 0 Å². The van der Waals surface area contributed by atoms with E-state index >= 15 is 0 Å². The molecule has 106 valence electrons. The lowest BCUT2D eigenvalue weighted by Crippen LogP contribution is -2.22. The van der Waals surface area contributed by atoms with Gasteiger partial charge in [-0.15, -0.1) is 11.3 Å². The van der Waals surface area contributed by atoms with Gasteiger partial charge in [-0.25, -0.2) is 4.39 Å². The maximum Gasteiger partial charge on any atom is 0.261 e. The van der Waals surface area contributed by atoms with Crippen molar-refractivity contribution in [3.63, 3.8) is 0 Å². The van der Waals surface area contributed by atoms with Crippen molar-refractivity contribution in [2.24, 2.45) is 0 Å². The second kappa shape index (κ2) is 6.63. The Balaban J connectivity index is 2.03. The third-order valence-corrected chi connectivity index (χ3v) is 4.02. The maximum absolute atomic E-state index is 13.2. The fraction of sp³-hybridized carbons (Fsp3) is 0.267. The molecular weight excluding hydrogens is 277 g/mol. The first-order chi connectivity index (χ1) is 9.65. The first-order valence-electron chi connectivity index (χ1n) is 6.38. The fourth-order valence-electron chi connectivity index (χ4n) is 1.94. The third-order valence-electron chi connectivity index (χ3n) is 3.07. The lowest BCUT2D eigenvalue weighted by molar-refractivity contribution is 0.0954. The lowest BCUT2D eigenvalue weighted by atomic mass is 10.1. The van der Waals surface area contributed by atoms with Gasteiger partial charge >= 0.3 is 0 Å². The number of amides is 1. The molecule has 5 heteroatoms. The van der Waals surface area contributed by atoms with Crippen LogP contribution in [0.15, 0.2) is 29.6 Å². The van der Waals surface area contributed by atoms with Gasteiger partial charge in [0, 0.05) is 12.1 Å². The number of carbonyl (C=O) groups excluding carboxylic acids is 1. The minimum Gasteiger partial charge on any atom is -0.392 e. The number of carbonyl (C=O) groups is 1. The van der Waals surface area contributed by atoms with E-state index in [4.69, 9.17) is 5.11 Å². The Hall–Kier alpha value is -1.72. The van der Waals surface area contributed by atoms with E-state index in [-0.39, 0.29) is 18.1 Å². The Labute approximate surface area is 121 Å². The van der Waals surface area contributed by atoms with Crippen LogP contribution in [0.1, 0.15) is 33.3 Å². The second-order valence-electron chi connectivity index (χ2n) is 4.40. The van der Waals surface area contributed by atoms with Crippen LogP contribution >= 0.6 is 11.3 Å². The van der Waals surface area contributed by atoms with Crippen LogP contribution in [0.5, 0.6) is 0 Å². The Kier molecular flexibility index (Phi) is 4.87. The minimum absolute atomic E-state index is 0.119. The number of halogens is 1. The van der Waals surface area contributed by atoms with Gasteiger partial charge in [-0.1, -0.05) is 13.0 Å². The van der Waals surface area contributed by atoms with Gasteiger partial charge in [0.25, 0.3) is 5.91 Å². The average Bonchev–Trinajstić information content (AvgIpc) is 2.94. The molecule has 3 nitrogen and oxygen atoms in total. The summed E-state index contributed by atoms with van der Waals surface area (Å²) >= 11 is 1.42. The van der Waals surface area contributed by atoms with Crippen molar-refractivity contribution in [1.82, 2.24) is 5.32 Å². The maximum atomic E-state index is 13.2. The predicted molar refractivity (Wildman–Crippen MR) is 77.2 cm³/mol. The van der Waals surface area contributed by atoms with E-state index < -0.39 is 5.82 Å². The number of thiophene rings is 1. The Morgan fingerprint density at radius 3 is 2.85 bits per heavy atom. The molecule has 1 heterocycles. The summed E-state index contributed by atoms with van der Waals surface area (Å²) in [5.74, 6) is -0.555. The third kappa shape index (κ3) is 3.23. The highest BCUT2D eigenvalue weighted by atomic mass is 32.1. The summed E-state index contributed by atoms with van der Waals surface area (Å²) in [6.07, 6.45) is 0.817. The molecule has 2 rings (SSSR count). The summed E-state index contributed by atoms with van der Waals surface area (Å²) in [6.45, 7) is 1.97. The van der Waals surface area contributed by atoms with E-state index in [9.17, 15) is 9.18 Å². The number of benzene rings is 1. The van der Waals surface area contributed by atoms with Crippen LogP contribution < -0.4 is 5.32 Å². The molecule has 0 saturated carbocycles. The average molecular weight is 293 g/mol. The Morgan fingerprint density at radius 1 is 1.35 bits per heavy atom. The number of hydrogen-bond donors (Lipinski definition) is 2. The van der Waals surface area contributed by atoms with Crippen LogP contribution in [0.25, 0.3) is 0 Å². The smallest absolute Gasteiger partial charge is 0.261 e. The summed E-state index contributed by atoms with van der Waals surface area (Å²) in [5.41, 5.74) is 2.03. The van der Waals surface area contributed by atoms with Crippen molar-refractivity contribution >= 4 is 17.2 Å². The van der Waals surface area contributed by atoms with Crippen LogP contribution in [0, 0.1) is 5.82 Å². The predicted octanol–water partition coefficient (Wildman–Crippen LogP) is 2.87. The lowest BCUT2D eigenvalue weighted by Gasteiger charge is -2.07. The van der Waals surface area contributed by atoms with Crippen LogP contribution in [0.2, 0.25) is 0 Å². The number of aryl methyl sites for hydroxylation is 1. The molecule has 0 spiro atoms. The quantitative estimate of drug-likeness (QED) is 0.890. The summed E-state index contributed by atoms with van der Waals surface area (Å²) < 4.78 is 13.2. The van der Waals surface area contributed by atoms with Crippen molar-refractivity contribution in [2.75, 3.05) is 0 Å². The molecule has 1 amide bonds. The second-order valence-corrected chi connectivity index (χ2v) is 5.31. The molecule has 2 aromatic rings. The van der Waals surface area contributed by atoms with E-state index in [0.29, 0.717) is 6.54 Å². The summed E-state index contributed by atoms with van der Waals surface area (Å²) in [5, 5.41) is 13.7. The first kappa shape index (κ1) is 14.7. The van der Waals surface area contributed by atoms with Crippen LogP contribution in [-0.4, -0.2) is 11.0 Å². The number of rotatable bonds is 5.